The third-order valence-electron chi connectivity index (χ3n) is 2.31. The van der Waals surface area contributed by atoms with Gasteiger partial charge in [-0.15, -0.1) is 0 Å². The Morgan fingerprint density at radius 1 is 1.12 bits per heavy atom. The lowest BCUT2D eigenvalue weighted by atomic mass is 10.1. The smallest absolute Gasteiger partial charge is 0.191 e. The molecule has 0 radical (unpaired) electrons. The van der Waals surface area contributed by atoms with Gasteiger partial charge in [0.05, 0.1) is 0 Å². The number of aryl methyl sites for hydroxylation is 2. The number of halogens is 1. The van der Waals surface area contributed by atoms with Gasteiger partial charge in [0.2, 0.25) is 0 Å². The van der Waals surface area contributed by atoms with Crippen molar-refractivity contribution in [2.24, 2.45) is 0 Å². The second kappa shape index (κ2) is 6.09. The molecule has 0 N–H and O–H groups in total. The van der Waals surface area contributed by atoms with E-state index < -0.39 is 0 Å². The van der Waals surface area contributed by atoms with Crippen molar-refractivity contribution in [3.8, 4) is 5.75 Å². The number of ether oxygens (including phenoxy) is 3. The average Bonchev–Trinajstić information content (AvgIpc) is 2.22. The highest BCUT2D eigenvalue weighted by Gasteiger charge is 2.10. The topological polar surface area (TPSA) is 27.7 Å². The summed E-state index contributed by atoms with van der Waals surface area (Å²) in [6.45, 7) is 4.28. The maximum atomic E-state index is 5.93. The third kappa shape index (κ3) is 3.37. The molecular weight excluding hydrogens is 228 g/mol. The quantitative estimate of drug-likeness (QED) is 0.746. The van der Waals surface area contributed by atoms with E-state index in [0.29, 0.717) is 6.61 Å². The van der Waals surface area contributed by atoms with Crippen LogP contribution in [-0.2, 0) is 9.47 Å². The van der Waals surface area contributed by atoms with E-state index in [9.17, 15) is 0 Å². The molecule has 0 fully saturated rings. The largest absolute Gasteiger partial charge is 0.488 e. The maximum Gasteiger partial charge on any atom is 0.191 e. The summed E-state index contributed by atoms with van der Waals surface area (Å²) in [7, 11) is 3.16. The Hall–Kier alpha value is -0.770. The van der Waals surface area contributed by atoms with Crippen molar-refractivity contribution in [2.45, 2.75) is 20.1 Å². The van der Waals surface area contributed by atoms with Crippen LogP contribution in [0.5, 0.6) is 5.75 Å². The number of benzene rings is 1. The summed E-state index contributed by atoms with van der Waals surface area (Å²) in [5.74, 6) is 0.837. The van der Waals surface area contributed by atoms with Crippen LogP contribution in [0.15, 0.2) is 12.1 Å². The van der Waals surface area contributed by atoms with E-state index in [0.717, 1.165) is 21.9 Å². The highest BCUT2D eigenvalue weighted by atomic mass is 35.5. The van der Waals surface area contributed by atoms with Crippen molar-refractivity contribution >= 4 is 11.6 Å². The Morgan fingerprint density at radius 2 is 1.62 bits per heavy atom. The van der Waals surface area contributed by atoms with Crippen molar-refractivity contribution in [3.05, 3.63) is 28.3 Å². The molecule has 0 aliphatic heterocycles. The molecule has 1 rings (SSSR count). The molecule has 0 saturated carbocycles. The maximum absolute atomic E-state index is 5.93. The van der Waals surface area contributed by atoms with Crippen LogP contribution in [0.4, 0.5) is 0 Å². The first-order valence-corrected chi connectivity index (χ1v) is 5.41. The van der Waals surface area contributed by atoms with Crippen LogP contribution in [0.25, 0.3) is 0 Å². The predicted octanol–water partition coefficient (Wildman–Crippen LogP) is 2.95. The van der Waals surface area contributed by atoms with Crippen molar-refractivity contribution in [3.63, 3.8) is 0 Å². The summed E-state index contributed by atoms with van der Waals surface area (Å²) in [6.07, 6.45) is -0.352. The van der Waals surface area contributed by atoms with E-state index in [1.54, 1.807) is 14.2 Å². The Morgan fingerprint density at radius 3 is 2.06 bits per heavy atom. The second-order valence-electron chi connectivity index (χ2n) is 3.58. The molecule has 0 saturated heterocycles. The number of hydrogen-bond acceptors (Lipinski definition) is 3. The van der Waals surface area contributed by atoms with Crippen LogP contribution < -0.4 is 4.74 Å². The lowest BCUT2D eigenvalue weighted by Crippen LogP contribution is -2.22. The first-order valence-electron chi connectivity index (χ1n) is 5.03. The van der Waals surface area contributed by atoms with Crippen molar-refractivity contribution in [1.82, 2.24) is 0 Å². The number of rotatable bonds is 5. The third-order valence-corrected chi connectivity index (χ3v) is 2.53. The van der Waals surface area contributed by atoms with Gasteiger partial charge in [-0.1, -0.05) is 11.6 Å². The lowest BCUT2D eigenvalue weighted by molar-refractivity contribution is -0.122. The highest BCUT2D eigenvalue weighted by molar-refractivity contribution is 6.30. The molecule has 16 heavy (non-hydrogen) atoms. The van der Waals surface area contributed by atoms with Crippen molar-refractivity contribution in [2.75, 3.05) is 20.8 Å². The predicted molar refractivity (Wildman–Crippen MR) is 64.2 cm³/mol. The molecule has 1 aromatic carbocycles. The monoisotopic (exact) mass is 244 g/mol. The zero-order chi connectivity index (χ0) is 12.1. The zero-order valence-corrected chi connectivity index (χ0v) is 10.8. The fourth-order valence-corrected chi connectivity index (χ4v) is 1.84. The van der Waals surface area contributed by atoms with E-state index in [-0.39, 0.29) is 6.29 Å². The summed E-state index contributed by atoms with van der Waals surface area (Å²) in [5, 5.41) is 0.720. The number of methoxy groups -OCH3 is 2. The molecule has 0 heterocycles. The van der Waals surface area contributed by atoms with Crippen molar-refractivity contribution in [1.29, 1.82) is 0 Å². The Labute approximate surface area is 101 Å². The van der Waals surface area contributed by atoms with Gasteiger partial charge in [-0.3, -0.25) is 0 Å². The van der Waals surface area contributed by atoms with Gasteiger partial charge >= 0.3 is 0 Å². The molecule has 0 amide bonds. The van der Waals surface area contributed by atoms with Gasteiger partial charge in [-0.2, -0.15) is 0 Å². The molecule has 0 atom stereocenters. The number of hydrogen-bond donors (Lipinski definition) is 0. The van der Waals surface area contributed by atoms with Gasteiger partial charge < -0.3 is 14.2 Å². The molecule has 0 bridgehead atoms. The van der Waals surface area contributed by atoms with Crippen LogP contribution >= 0.6 is 11.6 Å². The minimum atomic E-state index is -0.352. The van der Waals surface area contributed by atoms with Gasteiger partial charge in [-0.05, 0) is 37.1 Å². The van der Waals surface area contributed by atoms with Crippen LogP contribution in [0.1, 0.15) is 11.1 Å². The summed E-state index contributed by atoms with van der Waals surface area (Å²) in [6, 6.07) is 3.75. The van der Waals surface area contributed by atoms with Gasteiger partial charge in [0.25, 0.3) is 0 Å². The Balaban J connectivity index is 2.74. The lowest BCUT2D eigenvalue weighted by Gasteiger charge is -2.17. The molecular formula is C12H17ClO3. The molecule has 0 aromatic heterocycles. The molecule has 0 unspecified atom stereocenters. The van der Waals surface area contributed by atoms with Gasteiger partial charge in [0.1, 0.15) is 12.4 Å². The first-order chi connectivity index (χ1) is 7.58. The summed E-state index contributed by atoms with van der Waals surface area (Å²) in [4.78, 5) is 0. The fraction of sp³-hybridized carbons (Fsp3) is 0.500. The molecule has 0 aliphatic carbocycles. The minimum absolute atomic E-state index is 0.352. The zero-order valence-electron chi connectivity index (χ0n) is 10.0. The Kier molecular flexibility index (Phi) is 5.06. The normalized spacial score (nSPS) is 10.9. The highest BCUT2D eigenvalue weighted by Crippen LogP contribution is 2.27. The standard InChI is InChI=1S/C12H17ClO3/c1-8-5-10(13)6-9(2)12(8)16-7-11(14-3)15-4/h5-6,11H,7H2,1-4H3. The molecule has 0 spiro atoms. The van der Waals surface area contributed by atoms with Gasteiger partial charge in [0.15, 0.2) is 6.29 Å². The first kappa shape index (κ1) is 13.3. The molecule has 0 aliphatic rings. The van der Waals surface area contributed by atoms with Crippen LogP contribution in [0, 0.1) is 13.8 Å². The molecule has 1 aromatic rings. The van der Waals surface area contributed by atoms with Crippen LogP contribution in [0.3, 0.4) is 0 Å². The van der Waals surface area contributed by atoms with Crippen molar-refractivity contribution < 1.29 is 14.2 Å². The molecule has 90 valence electrons. The molecule has 4 heteroatoms. The second-order valence-corrected chi connectivity index (χ2v) is 4.02. The Bertz CT molecular complexity index is 325. The van der Waals surface area contributed by atoms with E-state index >= 15 is 0 Å². The summed E-state index contributed by atoms with van der Waals surface area (Å²) in [5.41, 5.74) is 2.02. The van der Waals surface area contributed by atoms with E-state index in [4.69, 9.17) is 25.8 Å². The molecule has 3 nitrogen and oxygen atoms in total. The summed E-state index contributed by atoms with van der Waals surface area (Å²) < 4.78 is 15.8. The van der Waals surface area contributed by atoms with E-state index in [1.165, 1.54) is 0 Å². The van der Waals surface area contributed by atoms with Gasteiger partial charge in [-0.25, -0.2) is 0 Å². The van der Waals surface area contributed by atoms with E-state index in [2.05, 4.69) is 0 Å². The van der Waals surface area contributed by atoms with Crippen LogP contribution in [0.2, 0.25) is 5.02 Å². The van der Waals surface area contributed by atoms with Crippen LogP contribution in [-0.4, -0.2) is 27.1 Å². The fourth-order valence-electron chi connectivity index (χ4n) is 1.51. The van der Waals surface area contributed by atoms with Gasteiger partial charge in [0, 0.05) is 19.2 Å². The van der Waals surface area contributed by atoms with E-state index in [1.807, 2.05) is 26.0 Å². The average molecular weight is 245 g/mol. The minimum Gasteiger partial charge on any atom is -0.488 e. The summed E-state index contributed by atoms with van der Waals surface area (Å²) >= 11 is 5.93. The SMILES string of the molecule is COC(COc1c(C)cc(Cl)cc1C)OC.